The van der Waals surface area contributed by atoms with E-state index in [1.54, 1.807) is 6.33 Å². The second-order valence-corrected chi connectivity index (χ2v) is 6.01. The van der Waals surface area contributed by atoms with Crippen molar-refractivity contribution in [3.05, 3.63) is 12.2 Å². The van der Waals surface area contributed by atoms with Crippen LogP contribution in [0, 0.1) is 5.92 Å². The average Bonchev–Trinajstić information content (AvgIpc) is 3.20. The summed E-state index contributed by atoms with van der Waals surface area (Å²) in [6.45, 7) is 4.79. The van der Waals surface area contributed by atoms with Crippen molar-refractivity contribution in [1.29, 1.82) is 0 Å². The first-order valence-corrected chi connectivity index (χ1v) is 8.64. The van der Waals surface area contributed by atoms with E-state index in [9.17, 15) is 0 Å². The zero-order valence-electron chi connectivity index (χ0n) is 14.0. The predicted octanol–water partition coefficient (Wildman–Crippen LogP) is 1.98. The number of hydrogen-bond acceptors (Lipinski definition) is 3. The van der Waals surface area contributed by atoms with Crippen molar-refractivity contribution in [3.63, 3.8) is 0 Å². The van der Waals surface area contributed by atoms with Crippen LogP contribution < -0.4 is 10.6 Å². The first kappa shape index (κ1) is 16.8. The van der Waals surface area contributed by atoms with Gasteiger partial charge in [-0.15, -0.1) is 10.2 Å². The van der Waals surface area contributed by atoms with Gasteiger partial charge >= 0.3 is 0 Å². The summed E-state index contributed by atoms with van der Waals surface area (Å²) in [4.78, 5) is 4.27. The summed E-state index contributed by atoms with van der Waals surface area (Å²) in [7, 11) is 1.82. The Kier molecular flexibility index (Phi) is 7.19. The molecule has 6 heteroatoms. The first-order chi connectivity index (χ1) is 10.8. The molecule has 0 spiro atoms. The SMILES string of the molecule is CCc1nncn1CCNC(=NC)NCCCC1CCCC1. The van der Waals surface area contributed by atoms with Gasteiger partial charge in [0.25, 0.3) is 0 Å². The maximum absolute atomic E-state index is 4.27. The molecule has 1 aromatic rings. The molecule has 1 saturated carbocycles. The molecular weight excluding hydrogens is 276 g/mol. The molecule has 0 unspecified atom stereocenters. The number of hydrogen-bond donors (Lipinski definition) is 2. The molecule has 0 bridgehead atoms. The molecule has 22 heavy (non-hydrogen) atoms. The van der Waals surface area contributed by atoms with Crippen LogP contribution >= 0.6 is 0 Å². The number of aryl methyl sites for hydroxylation is 1. The molecule has 2 N–H and O–H groups in total. The van der Waals surface area contributed by atoms with Crippen LogP contribution in [0.3, 0.4) is 0 Å². The van der Waals surface area contributed by atoms with Gasteiger partial charge in [0, 0.05) is 33.1 Å². The smallest absolute Gasteiger partial charge is 0.191 e. The third-order valence-corrected chi connectivity index (χ3v) is 4.44. The van der Waals surface area contributed by atoms with Gasteiger partial charge in [0.05, 0.1) is 0 Å². The molecule has 1 heterocycles. The molecule has 0 aliphatic heterocycles. The highest BCUT2D eigenvalue weighted by Gasteiger charge is 2.13. The maximum Gasteiger partial charge on any atom is 0.191 e. The lowest BCUT2D eigenvalue weighted by Crippen LogP contribution is -2.39. The van der Waals surface area contributed by atoms with E-state index in [4.69, 9.17) is 0 Å². The van der Waals surface area contributed by atoms with Crippen molar-refractivity contribution in [1.82, 2.24) is 25.4 Å². The largest absolute Gasteiger partial charge is 0.356 e. The second-order valence-electron chi connectivity index (χ2n) is 6.01. The molecule has 1 fully saturated rings. The maximum atomic E-state index is 4.27. The van der Waals surface area contributed by atoms with Crippen molar-refractivity contribution in [2.75, 3.05) is 20.1 Å². The number of guanidine groups is 1. The van der Waals surface area contributed by atoms with E-state index in [-0.39, 0.29) is 0 Å². The molecule has 1 aliphatic rings. The Bertz CT molecular complexity index is 447. The number of aromatic nitrogens is 3. The molecule has 0 atom stereocenters. The van der Waals surface area contributed by atoms with Crippen molar-refractivity contribution in [2.45, 2.75) is 58.4 Å². The Hall–Kier alpha value is -1.59. The minimum absolute atomic E-state index is 0.827. The summed E-state index contributed by atoms with van der Waals surface area (Å²) in [5, 5.41) is 14.8. The highest BCUT2D eigenvalue weighted by Crippen LogP contribution is 2.28. The minimum Gasteiger partial charge on any atom is -0.356 e. The van der Waals surface area contributed by atoms with Crippen molar-refractivity contribution in [3.8, 4) is 0 Å². The lowest BCUT2D eigenvalue weighted by Gasteiger charge is -2.13. The Morgan fingerprint density at radius 3 is 2.82 bits per heavy atom. The van der Waals surface area contributed by atoms with E-state index in [2.05, 4.69) is 37.3 Å². The quantitative estimate of drug-likeness (QED) is 0.438. The topological polar surface area (TPSA) is 67.1 Å². The van der Waals surface area contributed by atoms with Gasteiger partial charge in [-0.1, -0.05) is 32.6 Å². The molecule has 0 saturated heterocycles. The first-order valence-electron chi connectivity index (χ1n) is 8.64. The molecule has 1 aliphatic carbocycles. The standard InChI is InChI=1S/C16H30N6/c1-3-15-21-20-13-22(15)12-11-19-16(17-2)18-10-6-9-14-7-4-5-8-14/h13-14H,3-12H2,1-2H3,(H2,17,18,19). The van der Waals surface area contributed by atoms with Gasteiger partial charge in [0.15, 0.2) is 5.96 Å². The molecular formula is C16H30N6. The lowest BCUT2D eigenvalue weighted by atomic mass is 10.0. The summed E-state index contributed by atoms with van der Waals surface area (Å²) < 4.78 is 2.08. The predicted molar refractivity (Wildman–Crippen MR) is 90.0 cm³/mol. The van der Waals surface area contributed by atoms with Gasteiger partial charge in [-0.3, -0.25) is 4.99 Å². The molecule has 0 amide bonds. The lowest BCUT2D eigenvalue weighted by molar-refractivity contribution is 0.481. The van der Waals surface area contributed by atoms with Crippen molar-refractivity contribution < 1.29 is 0 Å². The van der Waals surface area contributed by atoms with Crippen molar-refractivity contribution in [2.24, 2.45) is 10.9 Å². The highest BCUT2D eigenvalue weighted by atomic mass is 15.3. The van der Waals surface area contributed by atoms with E-state index in [1.807, 2.05) is 7.05 Å². The third-order valence-electron chi connectivity index (χ3n) is 4.44. The van der Waals surface area contributed by atoms with E-state index in [0.29, 0.717) is 0 Å². The van der Waals surface area contributed by atoms with E-state index in [1.165, 1.54) is 38.5 Å². The molecule has 124 valence electrons. The van der Waals surface area contributed by atoms with Gasteiger partial charge in [0.1, 0.15) is 12.2 Å². The van der Waals surface area contributed by atoms with Gasteiger partial charge < -0.3 is 15.2 Å². The fourth-order valence-corrected chi connectivity index (χ4v) is 3.15. The van der Waals surface area contributed by atoms with Gasteiger partial charge in [-0.25, -0.2) is 0 Å². The van der Waals surface area contributed by atoms with E-state index < -0.39 is 0 Å². The fraction of sp³-hybridized carbons (Fsp3) is 0.812. The van der Waals surface area contributed by atoms with Crippen LogP contribution in [0.25, 0.3) is 0 Å². The molecule has 1 aromatic heterocycles. The normalized spacial score (nSPS) is 16.2. The van der Waals surface area contributed by atoms with Crippen LogP contribution in [0.1, 0.15) is 51.3 Å². The highest BCUT2D eigenvalue weighted by molar-refractivity contribution is 5.79. The Balaban J connectivity index is 1.58. The number of rotatable bonds is 8. The van der Waals surface area contributed by atoms with Crippen LogP contribution in [-0.2, 0) is 13.0 Å². The fourth-order valence-electron chi connectivity index (χ4n) is 3.15. The zero-order valence-corrected chi connectivity index (χ0v) is 14.0. The summed E-state index contributed by atoms with van der Waals surface area (Å²) in [5.74, 6) is 2.89. The minimum atomic E-state index is 0.827. The van der Waals surface area contributed by atoms with E-state index in [0.717, 1.165) is 43.8 Å². The zero-order chi connectivity index (χ0) is 15.6. The van der Waals surface area contributed by atoms with Crippen molar-refractivity contribution >= 4 is 5.96 Å². The Morgan fingerprint density at radius 2 is 2.09 bits per heavy atom. The third kappa shape index (κ3) is 5.31. The van der Waals surface area contributed by atoms with Crippen LogP contribution in [0.4, 0.5) is 0 Å². The van der Waals surface area contributed by atoms with E-state index >= 15 is 0 Å². The Labute approximate surface area is 133 Å². The second kappa shape index (κ2) is 9.43. The van der Waals surface area contributed by atoms with Gasteiger partial charge in [0.2, 0.25) is 0 Å². The van der Waals surface area contributed by atoms with Crippen LogP contribution in [0.5, 0.6) is 0 Å². The van der Waals surface area contributed by atoms with Crippen LogP contribution in [0.2, 0.25) is 0 Å². The van der Waals surface area contributed by atoms with Gasteiger partial charge in [-0.2, -0.15) is 0 Å². The summed E-state index contributed by atoms with van der Waals surface area (Å²) in [6, 6.07) is 0. The number of nitrogens with zero attached hydrogens (tertiary/aromatic N) is 4. The van der Waals surface area contributed by atoms with Gasteiger partial charge in [-0.05, 0) is 18.8 Å². The monoisotopic (exact) mass is 306 g/mol. The summed E-state index contributed by atoms with van der Waals surface area (Å²) in [5.41, 5.74) is 0. The molecule has 0 radical (unpaired) electrons. The summed E-state index contributed by atoms with van der Waals surface area (Å²) in [6.07, 6.45) is 11.0. The summed E-state index contributed by atoms with van der Waals surface area (Å²) >= 11 is 0. The molecule has 6 nitrogen and oxygen atoms in total. The van der Waals surface area contributed by atoms with Crippen LogP contribution in [0.15, 0.2) is 11.3 Å². The number of nitrogens with one attached hydrogen (secondary N) is 2. The average molecular weight is 306 g/mol. The molecule has 0 aromatic carbocycles. The van der Waals surface area contributed by atoms with Crippen LogP contribution in [-0.4, -0.2) is 40.9 Å². The Morgan fingerprint density at radius 1 is 1.32 bits per heavy atom. The molecule has 2 rings (SSSR count). The number of aliphatic imine (C=N–C) groups is 1.